The number of nitrogens with one attached hydrogen (secondary N) is 1. The van der Waals surface area contributed by atoms with Crippen LogP contribution in [0.4, 0.5) is 10.1 Å². The Balaban J connectivity index is 1.63. The van der Waals surface area contributed by atoms with Gasteiger partial charge in [0.1, 0.15) is 5.82 Å². The first-order valence-electron chi connectivity index (χ1n) is 7.09. The molecule has 0 saturated carbocycles. The molecule has 0 aliphatic carbocycles. The summed E-state index contributed by atoms with van der Waals surface area (Å²) in [5, 5.41) is 10.3. The lowest BCUT2D eigenvalue weighted by atomic mass is 10.3. The molecule has 0 aliphatic heterocycles. The molecule has 0 aliphatic rings. The van der Waals surface area contributed by atoms with E-state index in [9.17, 15) is 9.18 Å². The fourth-order valence-electron chi connectivity index (χ4n) is 1.88. The predicted octanol–water partition coefficient (Wildman–Crippen LogP) is 3.39. The predicted molar refractivity (Wildman–Crippen MR) is 87.9 cm³/mol. The molecule has 1 N–H and O–H groups in total. The molecule has 2 aromatic heterocycles. The van der Waals surface area contributed by atoms with Crippen LogP contribution in [0.25, 0.3) is 11.5 Å². The van der Waals surface area contributed by atoms with E-state index >= 15 is 0 Å². The third-order valence-corrected chi connectivity index (χ3v) is 3.99. The van der Waals surface area contributed by atoms with Crippen molar-refractivity contribution in [3.8, 4) is 11.5 Å². The minimum atomic E-state index is -0.490. The average Bonchev–Trinajstić information content (AvgIpc) is 3.04. The molecular weight excluding hydrogens is 331 g/mol. The van der Waals surface area contributed by atoms with Crippen LogP contribution < -0.4 is 5.32 Å². The Bertz CT molecular complexity index is 841. The van der Waals surface area contributed by atoms with Gasteiger partial charge in [0.25, 0.3) is 5.22 Å². The van der Waals surface area contributed by atoms with Gasteiger partial charge in [-0.05, 0) is 37.3 Å². The van der Waals surface area contributed by atoms with Gasteiger partial charge in [0, 0.05) is 18.1 Å². The minimum absolute atomic E-state index is 0.274. The van der Waals surface area contributed by atoms with Gasteiger partial charge in [-0.15, -0.1) is 10.2 Å². The lowest BCUT2D eigenvalue weighted by Gasteiger charge is -2.09. The molecule has 8 heteroatoms. The van der Waals surface area contributed by atoms with E-state index in [2.05, 4.69) is 20.5 Å². The number of amides is 1. The molecule has 2 heterocycles. The molecule has 3 aromatic rings. The zero-order chi connectivity index (χ0) is 16.9. The van der Waals surface area contributed by atoms with Crippen molar-refractivity contribution in [2.45, 2.75) is 17.4 Å². The van der Waals surface area contributed by atoms with Crippen molar-refractivity contribution in [1.29, 1.82) is 0 Å². The number of rotatable bonds is 5. The smallest absolute Gasteiger partial charge is 0.277 e. The molecule has 1 atom stereocenters. The van der Waals surface area contributed by atoms with E-state index in [1.54, 1.807) is 37.5 Å². The minimum Gasteiger partial charge on any atom is -0.411 e. The summed E-state index contributed by atoms with van der Waals surface area (Å²) in [6.45, 7) is 1.70. The topological polar surface area (TPSA) is 80.9 Å². The monoisotopic (exact) mass is 344 g/mol. The highest BCUT2D eigenvalue weighted by Crippen LogP contribution is 2.26. The summed E-state index contributed by atoms with van der Waals surface area (Å²) in [4.78, 5) is 16.1. The van der Waals surface area contributed by atoms with Crippen LogP contribution in [0.15, 0.2) is 58.4 Å². The van der Waals surface area contributed by atoms with Crippen LogP contribution in [-0.4, -0.2) is 26.3 Å². The van der Waals surface area contributed by atoms with Crippen molar-refractivity contribution in [3.05, 3.63) is 54.6 Å². The second kappa shape index (κ2) is 7.22. The maximum absolute atomic E-state index is 13.1. The van der Waals surface area contributed by atoms with Gasteiger partial charge < -0.3 is 9.73 Å². The Hall–Kier alpha value is -2.74. The number of nitrogens with zero attached hydrogens (tertiary/aromatic N) is 3. The van der Waals surface area contributed by atoms with Gasteiger partial charge in [-0.2, -0.15) is 0 Å². The normalized spacial score (nSPS) is 11.9. The molecule has 0 fully saturated rings. The van der Waals surface area contributed by atoms with Crippen LogP contribution in [0.5, 0.6) is 0 Å². The zero-order valence-corrected chi connectivity index (χ0v) is 13.5. The van der Waals surface area contributed by atoms with Crippen LogP contribution in [0.1, 0.15) is 6.92 Å². The maximum atomic E-state index is 13.1. The van der Waals surface area contributed by atoms with Crippen molar-refractivity contribution in [3.63, 3.8) is 0 Å². The fourth-order valence-corrected chi connectivity index (χ4v) is 2.56. The number of aromatic nitrogens is 3. The molecule has 0 spiro atoms. The first-order chi connectivity index (χ1) is 11.6. The van der Waals surface area contributed by atoms with Crippen molar-refractivity contribution in [1.82, 2.24) is 15.2 Å². The first-order valence-corrected chi connectivity index (χ1v) is 7.97. The van der Waals surface area contributed by atoms with Crippen molar-refractivity contribution < 1.29 is 13.6 Å². The lowest BCUT2D eigenvalue weighted by Crippen LogP contribution is -2.22. The number of anilines is 1. The summed E-state index contributed by atoms with van der Waals surface area (Å²) in [7, 11) is 0. The molecular formula is C16H13FN4O2S. The Labute approximate surface area is 141 Å². The van der Waals surface area contributed by atoms with Crippen LogP contribution >= 0.6 is 11.8 Å². The average molecular weight is 344 g/mol. The summed E-state index contributed by atoms with van der Waals surface area (Å²) in [5.41, 5.74) is 1.10. The number of thioether (sulfide) groups is 1. The molecule has 6 nitrogen and oxygen atoms in total. The Kier molecular flexibility index (Phi) is 4.85. The Morgan fingerprint density at radius 1 is 1.29 bits per heavy atom. The van der Waals surface area contributed by atoms with Crippen LogP contribution in [0.2, 0.25) is 0 Å². The zero-order valence-electron chi connectivity index (χ0n) is 12.6. The third kappa shape index (κ3) is 3.96. The molecule has 0 radical (unpaired) electrons. The summed E-state index contributed by atoms with van der Waals surface area (Å²) in [6.07, 6.45) is 3.26. The highest BCUT2D eigenvalue weighted by atomic mass is 32.2. The highest BCUT2D eigenvalue weighted by Gasteiger charge is 2.19. The first kappa shape index (κ1) is 16.1. The number of halogens is 1. The number of pyridine rings is 1. The molecule has 1 amide bonds. The van der Waals surface area contributed by atoms with E-state index in [0.717, 1.165) is 11.8 Å². The second-order valence-corrected chi connectivity index (χ2v) is 6.17. The van der Waals surface area contributed by atoms with Crippen molar-refractivity contribution >= 4 is 23.4 Å². The van der Waals surface area contributed by atoms with E-state index in [-0.39, 0.29) is 11.1 Å². The van der Waals surface area contributed by atoms with Crippen molar-refractivity contribution in [2.75, 3.05) is 5.32 Å². The van der Waals surface area contributed by atoms with Crippen molar-refractivity contribution in [2.24, 2.45) is 0 Å². The number of carbonyl (C=O) groups excluding carboxylic acids is 1. The summed E-state index contributed by atoms with van der Waals surface area (Å²) in [6, 6.07) is 9.28. The van der Waals surface area contributed by atoms with E-state index in [0.29, 0.717) is 17.1 Å². The quantitative estimate of drug-likeness (QED) is 0.715. The highest BCUT2D eigenvalue weighted by molar-refractivity contribution is 8.00. The molecule has 0 bridgehead atoms. The Morgan fingerprint density at radius 3 is 2.92 bits per heavy atom. The standard InChI is InChI=1S/C16H13FN4O2S/c1-10(14(22)19-13-6-2-5-12(17)8-13)24-16-21-20-15(23-16)11-4-3-7-18-9-11/h2-10H,1H3,(H,19,22)/t10-/m0/s1. The van der Waals surface area contributed by atoms with E-state index < -0.39 is 11.1 Å². The summed E-state index contributed by atoms with van der Waals surface area (Å²) < 4.78 is 18.7. The molecule has 0 saturated heterocycles. The van der Waals surface area contributed by atoms with Crippen LogP contribution in [-0.2, 0) is 4.79 Å². The van der Waals surface area contributed by atoms with Gasteiger partial charge in [-0.25, -0.2) is 4.39 Å². The molecule has 1 aromatic carbocycles. The van der Waals surface area contributed by atoms with Gasteiger partial charge in [-0.3, -0.25) is 9.78 Å². The lowest BCUT2D eigenvalue weighted by molar-refractivity contribution is -0.115. The van der Waals surface area contributed by atoms with Gasteiger partial charge in [-0.1, -0.05) is 17.8 Å². The SMILES string of the molecule is C[C@H](Sc1nnc(-c2cccnc2)o1)C(=O)Nc1cccc(F)c1. The van der Waals surface area contributed by atoms with Gasteiger partial charge in [0.15, 0.2) is 0 Å². The summed E-state index contributed by atoms with van der Waals surface area (Å²) >= 11 is 1.12. The summed E-state index contributed by atoms with van der Waals surface area (Å²) in [5.74, 6) is -0.360. The largest absolute Gasteiger partial charge is 0.411 e. The van der Waals surface area contributed by atoms with Gasteiger partial charge >= 0.3 is 0 Å². The molecule has 3 rings (SSSR count). The molecule has 24 heavy (non-hydrogen) atoms. The molecule has 122 valence electrons. The fraction of sp³-hybridized carbons (Fsp3) is 0.125. The van der Waals surface area contributed by atoms with E-state index in [4.69, 9.17) is 4.42 Å². The van der Waals surface area contributed by atoms with E-state index in [1.165, 1.54) is 18.2 Å². The number of hydrogen-bond donors (Lipinski definition) is 1. The number of benzene rings is 1. The number of hydrogen-bond acceptors (Lipinski definition) is 6. The Morgan fingerprint density at radius 2 is 2.17 bits per heavy atom. The van der Waals surface area contributed by atoms with Crippen LogP contribution in [0.3, 0.4) is 0 Å². The van der Waals surface area contributed by atoms with Crippen LogP contribution in [0, 0.1) is 5.82 Å². The second-order valence-electron chi connectivity index (χ2n) is 4.87. The third-order valence-electron chi connectivity index (χ3n) is 3.05. The van der Waals surface area contributed by atoms with Gasteiger partial charge in [0.05, 0.1) is 10.8 Å². The molecule has 0 unspecified atom stereocenters. The van der Waals surface area contributed by atoms with E-state index in [1.807, 2.05) is 0 Å². The van der Waals surface area contributed by atoms with Gasteiger partial charge in [0.2, 0.25) is 11.8 Å². The maximum Gasteiger partial charge on any atom is 0.277 e. The number of carbonyl (C=O) groups is 1.